The number of aliphatic hydroxyl groups excluding tert-OH is 1. The standard InChI is InChI=1S/C35H40O5Si/c1-35(2,3)41(28-16-10-6-11-17-28,29-18-12-7-13-19-29)40-33-24-34(36)39-32(33)23-27-20-21-30(31(22-27)37-4)38-25-26-14-8-5-9-15-26/h5-22,32-34,36H,23-25H2,1-4H3/t32-,33-,34?/m1/s1. The molecule has 4 aromatic carbocycles. The Kier molecular flexibility index (Phi) is 8.95. The van der Waals surface area contributed by atoms with Crippen molar-refractivity contribution in [3.8, 4) is 11.5 Å². The van der Waals surface area contributed by atoms with Crippen molar-refractivity contribution in [2.24, 2.45) is 0 Å². The highest BCUT2D eigenvalue weighted by molar-refractivity contribution is 6.99. The first kappa shape index (κ1) is 29.1. The second kappa shape index (κ2) is 12.6. The van der Waals surface area contributed by atoms with Crippen LogP contribution in [-0.2, 0) is 22.2 Å². The van der Waals surface area contributed by atoms with Crippen LogP contribution in [0.4, 0.5) is 0 Å². The minimum Gasteiger partial charge on any atom is -0.493 e. The molecular formula is C35H40O5Si. The third kappa shape index (κ3) is 6.41. The van der Waals surface area contributed by atoms with E-state index in [1.165, 1.54) is 10.4 Å². The third-order valence-corrected chi connectivity index (χ3v) is 12.9. The van der Waals surface area contributed by atoms with Gasteiger partial charge in [-0.25, -0.2) is 0 Å². The van der Waals surface area contributed by atoms with Crippen LogP contribution in [0.1, 0.15) is 38.3 Å². The van der Waals surface area contributed by atoms with Gasteiger partial charge in [-0.15, -0.1) is 0 Å². The fourth-order valence-electron chi connectivity index (χ4n) is 5.84. The molecule has 3 atom stereocenters. The van der Waals surface area contributed by atoms with E-state index >= 15 is 0 Å². The van der Waals surface area contributed by atoms with Crippen LogP contribution in [0, 0.1) is 0 Å². The molecule has 0 saturated carbocycles. The first-order chi connectivity index (χ1) is 19.8. The second-order valence-electron chi connectivity index (χ2n) is 11.6. The SMILES string of the molecule is COc1cc(C[C@H]2OC(O)C[C@H]2O[Si](c2ccccc2)(c2ccccc2)C(C)(C)C)ccc1OCc1ccccc1. The van der Waals surface area contributed by atoms with Gasteiger partial charge >= 0.3 is 0 Å². The van der Waals surface area contributed by atoms with Gasteiger partial charge in [-0.1, -0.05) is 118 Å². The molecule has 0 spiro atoms. The molecule has 1 fully saturated rings. The minimum atomic E-state index is -2.81. The van der Waals surface area contributed by atoms with Crippen LogP contribution in [0.5, 0.6) is 11.5 Å². The van der Waals surface area contributed by atoms with E-state index in [1.807, 2.05) is 60.7 Å². The van der Waals surface area contributed by atoms with E-state index < -0.39 is 14.6 Å². The summed E-state index contributed by atoms with van der Waals surface area (Å²) in [6.07, 6.45) is -0.470. The predicted octanol–water partition coefficient (Wildman–Crippen LogP) is 5.87. The van der Waals surface area contributed by atoms with Crippen molar-refractivity contribution in [3.63, 3.8) is 0 Å². The van der Waals surface area contributed by atoms with Crippen LogP contribution in [-0.4, -0.2) is 39.0 Å². The molecule has 1 aliphatic rings. The molecule has 4 aromatic rings. The molecular weight excluding hydrogens is 528 g/mol. The van der Waals surface area contributed by atoms with E-state index in [-0.39, 0.29) is 17.2 Å². The second-order valence-corrected chi connectivity index (χ2v) is 15.9. The summed E-state index contributed by atoms with van der Waals surface area (Å²) in [5.41, 5.74) is 2.12. The maximum Gasteiger partial charge on any atom is 0.261 e. The lowest BCUT2D eigenvalue weighted by Gasteiger charge is -2.45. The molecule has 1 unspecified atom stereocenters. The maximum atomic E-state index is 10.7. The fraction of sp³-hybridized carbons (Fsp3) is 0.314. The molecule has 6 heteroatoms. The van der Waals surface area contributed by atoms with Gasteiger partial charge < -0.3 is 23.7 Å². The first-order valence-corrected chi connectivity index (χ1v) is 16.2. The van der Waals surface area contributed by atoms with Crippen molar-refractivity contribution in [1.29, 1.82) is 0 Å². The Balaban J connectivity index is 1.42. The predicted molar refractivity (Wildman–Crippen MR) is 165 cm³/mol. The largest absolute Gasteiger partial charge is 0.493 e. The Hall–Kier alpha value is -3.42. The molecule has 0 radical (unpaired) electrons. The molecule has 1 N–H and O–H groups in total. The average molecular weight is 569 g/mol. The van der Waals surface area contributed by atoms with Gasteiger partial charge in [-0.2, -0.15) is 0 Å². The molecule has 5 nitrogen and oxygen atoms in total. The van der Waals surface area contributed by atoms with Crippen LogP contribution in [0.3, 0.4) is 0 Å². The lowest BCUT2D eigenvalue weighted by molar-refractivity contribution is -0.0936. The number of methoxy groups -OCH3 is 1. The summed E-state index contributed by atoms with van der Waals surface area (Å²) in [6.45, 7) is 7.25. The maximum absolute atomic E-state index is 10.7. The van der Waals surface area contributed by atoms with Gasteiger partial charge in [0.1, 0.15) is 6.61 Å². The molecule has 41 heavy (non-hydrogen) atoms. The summed E-state index contributed by atoms with van der Waals surface area (Å²) in [4.78, 5) is 0. The molecule has 1 aliphatic heterocycles. The van der Waals surface area contributed by atoms with Crippen LogP contribution in [0.2, 0.25) is 5.04 Å². The quantitative estimate of drug-likeness (QED) is 0.243. The molecule has 5 rings (SSSR count). The average Bonchev–Trinajstić information content (AvgIpc) is 3.33. The molecule has 1 heterocycles. The summed E-state index contributed by atoms with van der Waals surface area (Å²) in [5.74, 6) is 1.36. The van der Waals surface area contributed by atoms with Crippen molar-refractivity contribution in [3.05, 3.63) is 120 Å². The van der Waals surface area contributed by atoms with Crippen LogP contribution >= 0.6 is 0 Å². The van der Waals surface area contributed by atoms with E-state index in [1.54, 1.807) is 7.11 Å². The topological polar surface area (TPSA) is 57.2 Å². The summed E-state index contributed by atoms with van der Waals surface area (Å²) in [6, 6.07) is 37.2. The summed E-state index contributed by atoms with van der Waals surface area (Å²) in [7, 11) is -1.16. The Morgan fingerprint density at radius 3 is 1.93 bits per heavy atom. The van der Waals surface area contributed by atoms with E-state index in [0.29, 0.717) is 30.9 Å². The Bertz CT molecular complexity index is 1350. The molecule has 0 amide bonds. The number of hydrogen-bond donors (Lipinski definition) is 1. The van der Waals surface area contributed by atoms with E-state index in [4.69, 9.17) is 18.6 Å². The van der Waals surface area contributed by atoms with Gasteiger partial charge in [-0.3, -0.25) is 0 Å². The normalized spacial score (nSPS) is 19.2. The van der Waals surface area contributed by atoms with E-state index in [2.05, 4.69) is 69.3 Å². The molecule has 1 saturated heterocycles. The first-order valence-electron chi connectivity index (χ1n) is 14.3. The van der Waals surface area contributed by atoms with Crippen molar-refractivity contribution >= 4 is 18.7 Å². The Labute approximate surface area is 244 Å². The minimum absolute atomic E-state index is 0.172. The number of rotatable bonds is 10. The van der Waals surface area contributed by atoms with Gasteiger partial charge in [0.15, 0.2) is 17.8 Å². The number of benzene rings is 4. The van der Waals surface area contributed by atoms with Crippen molar-refractivity contribution in [2.45, 2.75) is 63.8 Å². The van der Waals surface area contributed by atoms with Crippen LogP contribution in [0.15, 0.2) is 109 Å². The zero-order valence-electron chi connectivity index (χ0n) is 24.3. The summed E-state index contributed by atoms with van der Waals surface area (Å²) < 4.78 is 25.2. The van der Waals surface area contributed by atoms with Crippen molar-refractivity contribution < 1.29 is 23.7 Å². The highest BCUT2D eigenvalue weighted by atomic mass is 28.4. The van der Waals surface area contributed by atoms with E-state index in [9.17, 15) is 5.11 Å². The number of ether oxygens (including phenoxy) is 3. The van der Waals surface area contributed by atoms with Crippen molar-refractivity contribution in [1.82, 2.24) is 0 Å². The van der Waals surface area contributed by atoms with Gasteiger partial charge in [0.25, 0.3) is 8.32 Å². The molecule has 214 valence electrons. The molecule has 0 aromatic heterocycles. The number of aliphatic hydroxyl groups is 1. The smallest absolute Gasteiger partial charge is 0.261 e. The van der Waals surface area contributed by atoms with Crippen LogP contribution in [0.25, 0.3) is 0 Å². The summed E-state index contributed by atoms with van der Waals surface area (Å²) in [5, 5.41) is 12.9. The third-order valence-electron chi connectivity index (χ3n) is 7.83. The van der Waals surface area contributed by atoms with E-state index in [0.717, 1.165) is 11.1 Å². The number of hydrogen-bond acceptors (Lipinski definition) is 5. The monoisotopic (exact) mass is 568 g/mol. The van der Waals surface area contributed by atoms with Crippen LogP contribution < -0.4 is 19.8 Å². The highest BCUT2D eigenvalue weighted by Crippen LogP contribution is 2.40. The highest BCUT2D eigenvalue weighted by Gasteiger charge is 2.53. The molecule has 0 bridgehead atoms. The zero-order valence-corrected chi connectivity index (χ0v) is 25.3. The summed E-state index contributed by atoms with van der Waals surface area (Å²) >= 11 is 0. The van der Waals surface area contributed by atoms with Gasteiger partial charge in [0.05, 0.1) is 19.3 Å². The molecule has 0 aliphatic carbocycles. The van der Waals surface area contributed by atoms with Gasteiger partial charge in [0, 0.05) is 12.8 Å². The zero-order chi connectivity index (χ0) is 28.9. The Morgan fingerprint density at radius 1 is 0.780 bits per heavy atom. The Morgan fingerprint density at radius 2 is 1.37 bits per heavy atom. The van der Waals surface area contributed by atoms with Gasteiger partial charge in [-0.05, 0) is 38.7 Å². The lowest BCUT2D eigenvalue weighted by Crippen LogP contribution is -2.68. The van der Waals surface area contributed by atoms with Gasteiger partial charge in [0.2, 0.25) is 0 Å². The van der Waals surface area contributed by atoms with Crippen molar-refractivity contribution in [2.75, 3.05) is 7.11 Å². The lowest BCUT2D eigenvalue weighted by atomic mass is 10.0. The fourth-order valence-corrected chi connectivity index (χ4v) is 10.6.